The van der Waals surface area contributed by atoms with Crippen LogP contribution in [-0.2, 0) is 6.42 Å². The Balaban J connectivity index is 2.23. The van der Waals surface area contributed by atoms with Gasteiger partial charge in [0.15, 0.2) is 0 Å². The molecular weight excluding hydrogens is 338 g/mol. The minimum atomic E-state index is 0.169. The van der Waals surface area contributed by atoms with Crippen molar-refractivity contribution in [2.75, 3.05) is 14.2 Å². The van der Waals surface area contributed by atoms with E-state index in [1.807, 2.05) is 37.4 Å². The van der Waals surface area contributed by atoms with Gasteiger partial charge in [-0.15, -0.1) is 0 Å². The highest BCUT2D eigenvalue weighted by Gasteiger charge is 2.14. The van der Waals surface area contributed by atoms with Gasteiger partial charge in [0.1, 0.15) is 5.75 Å². The predicted octanol–water partition coefficient (Wildman–Crippen LogP) is 4.61. The van der Waals surface area contributed by atoms with Crippen LogP contribution >= 0.6 is 27.5 Å². The normalized spacial score (nSPS) is 12.2. The molecule has 4 heteroatoms. The molecule has 0 saturated heterocycles. The summed E-state index contributed by atoms with van der Waals surface area (Å²) in [6.07, 6.45) is 0.856. The van der Waals surface area contributed by atoms with E-state index in [1.54, 1.807) is 7.11 Å². The number of hydrogen-bond donors (Lipinski definition) is 1. The molecule has 0 amide bonds. The van der Waals surface area contributed by atoms with Crippen molar-refractivity contribution in [1.82, 2.24) is 5.32 Å². The molecule has 2 rings (SSSR count). The summed E-state index contributed by atoms with van der Waals surface area (Å²) in [7, 11) is 3.63. The van der Waals surface area contributed by atoms with Gasteiger partial charge >= 0.3 is 0 Å². The first-order valence-corrected chi connectivity index (χ1v) is 7.56. The molecule has 0 aliphatic carbocycles. The zero-order valence-electron chi connectivity index (χ0n) is 11.5. The minimum absolute atomic E-state index is 0.169. The second-order valence-electron chi connectivity index (χ2n) is 4.56. The van der Waals surface area contributed by atoms with Crippen molar-refractivity contribution in [1.29, 1.82) is 0 Å². The van der Waals surface area contributed by atoms with Gasteiger partial charge in [0.2, 0.25) is 0 Å². The molecule has 1 N–H and O–H groups in total. The van der Waals surface area contributed by atoms with Gasteiger partial charge in [-0.25, -0.2) is 0 Å². The quantitative estimate of drug-likeness (QED) is 0.846. The number of likely N-dealkylation sites (N-methyl/N-ethyl adjacent to an activating group) is 1. The molecule has 0 aliphatic rings. The number of halogens is 2. The summed E-state index contributed by atoms with van der Waals surface area (Å²) in [5.41, 5.74) is 2.31. The molecule has 0 spiro atoms. The Kier molecular flexibility index (Phi) is 5.46. The van der Waals surface area contributed by atoms with E-state index in [4.69, 9.17) is 16.3 Å². The van der Waals surface area contributed by atoms with Crippen LogP contribution in [0.1, 0.15) is 17.2 Å². The molecule has 0 heterocycles. The van der Waals surface area contributed by atoms with Gasteiger partial charge in [-0.2, -0.15) is 0 Å². The Labute approximate surface area is 133 Å². The van der Waals surface area contributed by atoms with Crippen LogP contribution in [0.4, 0.5) is 0 Å². The summed E-state index contributed by atoms with van der Waals surface area (Å²) in [5.74, 6) is 0.874. The molecule has 1 unspecified atom stereocenters. The van der Waals surface area contributed by atoms with Crippen molar-refractivity contribution in [3.05, 3.63) is 63.1 Å². The third kappa shape index (κ3) is 3.75. The summed E-state index contributed by atoms with van der Waals surface area (Å²) < 4.78 is 6.25. The van der Waals surface area contributed by atoms with Crippen molar-refractivity contribution in [3.63, 3.8) is 0 Å². The van der Waals surface area contributed by atoms with Gasteiger partial charge in [0.05, 0.1) is 7.11 Å². The maximum absolute atomic E-state index is 6.33. The van der Waals surface area contributed by atoms with E-state index in [0.717, 1.165) is 27.2 Å². The number of rotatable bonds is 5. The standard InChI is InChI=1S/C16H17BrClNO/c1-19-16(14-7-6-12(17)10-15(14)18)9-11-4-3-5-13(8-11)20-2/h3-8,10,16,19H,9H2,1-2H3. The summed E-state index contributed by atoms with van der Waals surface area (Å²) in [5, 5.41) is 4.09. The number of benzene rings is 2. The number of nitrogens with one attached hydrogen (secondary N) is 1. The van der Waals surface area contributed by atoms with E-state index < -0.39 is 0 Å². The fraction of sp³-hybridized carbons (Fsp3) is 0.250. The Morgan fingerprint density at radius 2 is 2.05 bits per heavy atom. The van der Waals surface area contributed by atoms with Crippen LogP contribution in [0.25, 0.3) is 0 Å². The van der Waals surface area contributed by atoms with Gasteiger partial charge < -0.3 is 10.1 Å². The lowest BCUT2D eigenvalue weighted by Crippen LogP contribution is -2.19. The Morgan fingerprint density at radius 1 is 1.25 bits per heavy atom. The van der Waals surface area contributed by atoms with E-state index in [2.05, 4.69) is 33.4 Å². The maximum Gasteiger partial charge on any atom is 0.119 e. The Hall–Kier alpha value is -1.03. The van der Waals surface area contributed by atoms with Crippen molar-refractivity contribution in [3.8, 4) is 5.75 Å². The highest BCUT2D eigenvalue weighted by molar-refractivity contribution is 9.10. The van der Waals surface area contributed by atoms with Gasteiger partial charge in [-0.05, 0) is 48.9 Å². The molecule has 0 fully saturated rings. The van der Waals surface area contributed by atoms with E-state index in [0.29, 0.717) is 0 Å². The van der Waals surface area contributed by atoms with E-state index >= 15 is 0 Å². The average Bonchev–Trinajstić information content (AvgIpc) is 2.45. The van der Waals surface area contributed by atoms with Gasteiger partial charge in [0, 0.05) is 15.5 Å². The molecule has 0 bridgehead atoms. The Bertz CT molecular complexity index is 588. The highest BCUT2D eigenvalue weighted by Crippen LogP contribution is 2.29. The third-order valence-corrected chi connectivity index (χ3v) is 4.08. The van der Waals surface area contributed by atoms with E-state index in [-0.39, 0.29) is 6.04 Å². The van der Waals surface area contributed by atoms with E-state index in [1.165, 1.54) is 5.56 Å². The molecule has 1 atom stereocenters. The maximum atomic E-state index is 6.33. The lowest BCUT2D eigenvalue weighted by atomic mass is 9.99. The molecule has 2 aromatic rings. The SMILES string of the molecule is CNC(Cc1cccc(OC)c1)c1ccc(Br)cc1Cl. The molecule has 0 aromatic heterocycles. The van der Waals surface area contributed by atoms with Crippen molar-refractivity contribution in [2.45, 2.75) is 12.5 Å². The zero-order chi connectivity index (χ0) is 14.5. The first-order valence-electron chi connectivity index (χ1n) is 6.39. The molecule has 2 aromatic carbocycles. The van der Waals surface area contributed by atoms with Crippen molar-refractivity contribution in [2.24, 2.45) is 0 Å². The van der Waals surface area contributed by atoms with E-state index in [9.17, 15) is 0 Å². The number of hydrogen-bond acceptors (Lipinski definition) is 2. The molecule has 0 saturated carbocycles. The lowest BCUT2D eigenvalue weighted by Gasteiger charge is -2.18. The van der Waals surface area contributed by atoms with Crippen LogP contribution in [-0.4, -0.2) is 14.2 Å². The van der Waals surface area contributed by atoms with Crippen molar-refractivity contribution >= 4 is 27.5 Å². The molecule has 0 aliphatic heterocycles. The van der Waals surface area contributed by atoms with Crippen LogP contribution in [0, 0.1) is 0 Å². The monoisotopic (exact) mass is 353 g/mol. The lowest BCUT2D eigenvalue weighted by molar-refractivity contribution is 0.414. The van der Waals surface area contributed by atoms with Crippen LogP contribution in [0.2, 0.25) is 5.02 Å². The predicted molar refractivity (Wildman–Crippen MR) is 87.7 cm³/mol. The smallest absolute Gasteiger partial charge is 0.119 e. The van der Waals surface area contributed by atoms with Gasteiger partial charge in [-0.3, -0.25) is 0 Å². The van der Waals surface area contributed by atoms with Crippen LogP contribution in [0.3, 0.4) is 0 Å². The highest BCUT2D eigenvalue weighted by atomic mass is 79.9. The second kappa shape index (κ2) is 7.11. The molecule has 106 valence electrons. The summed E-state index contributed by atoms with van der Waals surface area (Å²) >= 11 is 9.76. The minimum Gasteiger partial charge on any atom is -0.497 e. The first kappa shape index (κ1) is 15.4. The third-order valence-electron chi connectivity index (χ3n) is 3.26. The Morgan fingerprint density at radius 3 is 2.70 bits per heavy atom. The second-order valence-corrected chi connectivity index (χ2v) is 5.89. The summed E-state index contributed by atoms with van der Waals surface area (Å²) in [6.45, 7) is 0. The molecule has 0 radical (unpaired) electrons. The number of ether oxygens (including phenoxy) is 1. The first-order chi connectivity index (χ1) is 9.63. The summed E-state index contributed by atoms with van der Waals surface area (Å²) in [4.78, 5) is 0. The fourth-order valence-electron chi connectivity index (χ4n) is 2.19. The van der Waals surface area contributed by atoms with Crippen molar-refractivity contribution < 1.29 is 4.74 Å². The number of methoxy groups -OCH3 is 1. The topological polar surface area (TPSA) is 21.3 Å². The molecule has 20 heavy (non-hydrogen) atoms. The fourth-order valence-corrected chi connectivity index (χ4v) is 2.99. The zero-order valence-corrected chi connectivity index (χ0v) is 13.8. The molecule has 2 nitrogen and oxygen atoms in total. The van der Waals surface area contributed by atoms with Gasteiger partial charge in [0.25, 0.3) is 0 Å². The molecular formula is C16H17BrClNO. The van der Waals surface area contributed by atoms with Crippen LogP contribution in [0.15, 0.2) is 46.9 Å². The van der Waals surface area contributed by atoms with Gasteiger partial charge in [-0.1, -0.05) is 45.7 Å². The van der Waals surface area contributed by atoms with Crippen LogP contribution in [0.5, 0.6) is 5.75 Å². The van der Waals surface area contributed by atoms with Crippen LogP contribution < -0.4 is 10.1 Å². The largest absolute Gasteiger partial charge is 0.497 e. The summed E-state index contributed by atoms with van der Waals surface area (Å²) in [6, 6.07) is 14.3. The average molecular weight is 355 g/mol.